The zero-order chi connectivity index (χ0) is 38.3. The van der Waals surface area contributed by atoms with Crippen LogP contribution in [0.1, 0.15) is 82.6 Å². The van der Waals surface area contributed by atoms with E-state index in [1.807, 2.05) is 0 Å². The number of fused-ring (bicyclic) bond motifs is 1. The first-order valence-electron chi connectivity index (χ1n) is 17.4. The molecule has 4 aromatic rings. The van der Waals surface area contributed by atoms with Crippen LogP contribution in [-0.2, 0) is 34.3 Å². The molecular weight excluding hydrogens is 680 g/mol. The van der Waals surface area contributed by atoms with Gasteiger partial charge in [-0.25, -0.2) is 4.79 Å². The number of ether oxygens (including phenoxy) is 5. The number of para-hydroxylation sites is 3. The van der Waals surface area contributed by atoms with E-state index in [-0.39, 0.29) is 60.9 Å². The Morgan fingerprint density at radius 2 is 1.08 bits per heavy atom. The highest BCUT2D eigenvalue weighted by atomic mass is 16.6. The van der Waals surface area contributed by atoms with Crippen molar-refractivity contribution in [2.45, 2.75) is 65.9 Å². The third-order valence-corrected chi connectivity index (χ3v) is 8.67. The van der Waals surface area contributed by atoms with Crippen LogP contribution in [0.15, 0.2) is 84.9 Å². The maximum absolute atomic E-state index is 12.9. The number of esters is 4. The fourth-order valence-electron chi connectivity index (χ4n) is 5.81. The first kappa shape index (κ1) is 38.0. The van der Waals surface area contributed by atoms with Gasteiger partial charge in [-0.15, -0.1) is 0 Å². The zero-order valence-corrected chi connectivity index (χ0v) is 30.1. The van der Waals surface area contributed by atoms with E-state index in [1.54, 1.807) is 107 Å². The minimum atomic E-state index is -2.16. The SMILES string of the molecule is CCC(=O)Oc1ccccc1C1=C(c2ccccc2OC(=O)CC)c2c(cc(C(C)(OC(=O)CC)C(=O)O)cc2-c2ccccc2OC(=O)CC)OC1. The Morgan fingerprint density at radius 3 is 1.58 bits per heavy atom. The molecule has 4 aromatic carbocycles. The van der Waals surface area contributed by atoms with E-state index in [1.165, 1.54) is 13.0 Å². The van der Waals surface area contributed by atoms with Crippen molar-refractivity contribution in [1.29, 1.82) is 0 Å². The summed E-state index contributed by atoms with van der Waals surface area (Å²) in [6.07, 6.45) is 0.238. The molecule has 11 heteroatoms. The number of hydrogen-bond acceptors (Lipinski definition) is 10. The summed E-state index contributed by atoms with van der Waals surface area (Å²) in [7, 11) is 0. The first-order chi connectivity index (χ1) is 25.4. The van der Waals surface area contributed by atoms with Crippen molar-refractivity contribution < 1.29 is 52.8 Å². The van der Waals surface area contributed by atoms with Gasteiger partial charge in [-0.1, -0.05) is 82.3 Å². The molecule has 1 N–H and O–H groups in total. The third-order valence-electron chi connectivity index (χ3n) is 8.67. The molecule has 0 saturated heterocycles. The number of rotatable bonds is 13. The average Bonchev–Trinajstić information content (AvgIpc) is 3.17. The van der Waals surface area contributed by atoms with Gasteiger partial charge in [-0.2, -0.15) is 0 Å². The molecule has 1 aliphatic heterocycles. The normalized spacial score (nSPS) is 13.2. The molecule has 0 spiro atoms. The van der Waals surface area contributed by atoms with Crippen molar-refractivity contribution in [3.8, 4) is 34.1 Å². The van der Waals surface area contributed by atoms with Gasteiger partial charge >= 0.3 is 29.8 Å². The number of carbonyl (C=O) groups is 5. The Bertz CT molecular complexity index is 2110. The van der Waals surface area contributed by atoms with Crippen molar-refractivity contribution >= 4 is 41.0 Å². The van der Waals surface area contributed by atoms with Crippen LogP contribution in [-0.4, -0.2) is 41.6 Å². The van der Waals surface area contributed by atoms with Crippen molar-refractivity contribution in [3.05, 3.63) is 107 Å². The van der Waals surface area contributed by atoms with Crippen molar-refractivity contribution in [1.82, 2.24) is 0 Å². The maximum atomic E-state index is 12.9. The highest BCUT2D eigenvalue weighted by Gasteiger charge is 2.42. The second kappa shape index (κ2) is 16.4. The maximum Gasteiger partial charge on any atom is 0.352 e. The lowest BCUT2D eigenvalue weighted by atomic mass is 9.80. The molecule has 0 bridgehead atoms. The van der Waals surface area contributed by atoms with Gasteiger partial charge in [0.05, 0.1) is 0 Å². The monoisotopic (exact) mass is 720 g/mol. The Kier molecular flexibility index (Phi) is 11.8. The largest absolute Gasteiger partial charge is 0.488 e. The van der Waals surface area contributed by atoms with E-state index < -0.39 is 35.4 Å². The van der Waals surface area contributed by atoms with Crippen molar-refractivity contribution in [2.24, 2.45) is 0 Å². The Hall–Kier alpha value is -6.23. The van der Waals surface area contributed by atoms with Gasteiger partial charge in [0.1, 0.15) is 29.6 Å². The van der Waals surface area contributed by atoms with Crippen LogP contribution >= 0.6 is 0 Å². The topological polar surface area (TPSA) is 152 Å². The number of aliphatic carboxylic acids is 1. The molecule has 1 atom stereocenters. The molecule has 5 rings (SSSR count). The van der Waals surface area contributed by atoms with Gasteiger partial charge in [0.2, 0.25) is 5.60 Å². The summed E-state index contributed by atoms with van der Waals surface area (Å²) >= 11 is 0. The van der Waals surface area contributed by atoms with E-state index >= 15 is 0 Å². The van der Waals surface area contributed by atoms with E-state index in [4.69, 9.17) is 23.7 Å². The van der Waals surface area contributed by atoms with E-state index in [9.17, 15) is 29.1 Å². The molecule has 0 saturated carbocycles. The van der Waals surface area contributed by atoms with E-state index in [2.05, 4.69) is 0 Å². The second-order valence-corrected chi connectivity index (χ2v) is 12.2. The lowest BCUT2D eigenvalue weighted by Crippen LogP contribution is -2.37. The highest BCUT2D eigenvalue weighted by Crippen LogP contribution is 2.51. The first-order valence-corrected chi connectivity index (χ1v) is 17.4. The third kappa shape index (κ3) is 7.99. The van der Waals surface area contributed by atoms with Gasteiger partial charge in [0.15, 0.2) is 0 Å². The average molecular weight is 721 g/mol. The number of carboxylic acid groups (broad SMARTS) is 1. The van der Waals surface area contributed by atoms with Crippen LogP contribution in [0.4, 0.5) is 0 Å². The molecule has 0 amide bonds. The lowest BCUT2D eigenvalue weighted by Gasteiger charge is -2.32. The van der Waals surface area contributed by atoms with E-state index in [0.717, 1.165) is 0 Å². The summed E-state index contributed by atoms with van der Waals surface area (Å²) in [6, 6.07) is 23.7. The molecule has 11 nitrogen and oxygen atoms in total. The van der Waals surface area contributed by atoms with Crippen LogP contribution in [0, 0.1) is 0 Å². The minimum Gasteiger partial charge on any atom is -0.488 e. The van der Waals surface area contributed by atoms with Crippen LogP contribution in [0.5, 0.6) is 23.0 Å². The summed E-state index contributed by atoms with van der Waals surface area (Å²) < 4.78 is 29.5. The van der Waals surface area contributed by atoms with Crippen LogP contribution in [0.2, 0.25) is 0 Å². The van der Waals surface area contributed by atoms with Crippen LogP contribution in [0.3, 0.4) is 0 Å². The number of hydrogen-bond donors (Lipinski definition) is 1. The standard InChI is InChI=1S/C42H40O11/c1-6-35(43)50-31-19-13-10-16-26(31)29-22-25(42(5,41(47)48)53-38(46)9-4)23-34-40(29)39(28-18-12-15-21-33(28)52-37(45)8-3)30(24-49-34)27-17-11-14-20-32(27)51-36(44)7-2/h10-23H,6-9,24H2,1-5H3,(H,47,48). The second-order valence-electron chi connectivity index (χ2n) is 12.2. The van der Waals surface area contributed by atoms with Crippen LogP contribution < -0.4 is 18.9 Å². The van der Waals surface area contributed by atoms with E-state index in [0.29, 0.717) is 39.0 Å². The molecule has 1 aliphatic rings. The molecule has 0 radical (unpaired) electrons. The summed E-state index contributed by atoms with van der Waals surface area (Å²) in [6.45, 7) is 7.75. The van der Waals surface area contributed by atoms with Gasteiger partial charge in [0.25, 0.3) is 0 Å². The molecule has 0 fully saturated rings. The quantitative estimate of drug-likeness (QED) is 0.106. The summed E-state index contributed by atoms with van der Waals surface area (Å²) in [4.78, 5) is 63.6. The minimum absolute atomic E-state index is 0.0709. The number of benzene rings is 4. The fraction of sp³-hybridized carbons (Fsp3) is 0.262. The van der Waals surface area contributed by atoms with Gasteiger partial charge in [-0.3, -0.25) is 19.2 Å². The Balaban J connectivity index is 1.96. The zero-order valence-electron chi connectivity index (χ0n) is 30.1. The Labute approximate surface area is 307 Å². The molecule has 0 aliphatic carbocycles. The molecule has 53 heavy (non-hydrogen) atoms. The van der Waals surface area contributed by atoms with Crippen LogP contribution in [0.25, 0.3) is 22.3 Å². The van der Waals surface area contributed by atoms with Gasteiger partial charge < -0.3 is 28.8 Å². The summed E-state index contributed by atoms with van der Waals surface area (Å²) in [5.41, 5.74) is 1.11. The predicted octanol–water partition coefficient (Wildman–Crippen LogP) is 7.90. The van der Waals surface area contributed by atoms with Gasteiger partial charge in [0, 0.05) is 64.6 Å². The van der Waals surface area contributed by atoms with Crippen molar-refractivity contribution in [3.63, 3.8) is 0 Å². The molecule has 0 aromatic heterocycles. The summed E-state index contributed by atoms with van der Waals surface area (Å²) in [5, 5.41) is 10.5. The summed E-state index contributed by atoms with van der Waals surface area (Å²) in [5.74, 6) is -2.73. The molecular formula is C42H40O11. The predicted molar refractivity (Wildman–Crippen MR) is 195 cm³/mol. The molecule has 274 valence electrons. The molecule has 1 heterocycles. The Morgan fingerprint density at radius 1 is 0.623 bits per heavy atom. The number of carbonyl (C=O) groups excluding carboxylic acids is 4. The fourth-order valence-corrected chi connectivity index (χ4v) is 5.81. The molecule has 1 unspecified atom stereocenters. The highest BCUT2D eigenvalue weighted by molar-refractivity contribution is 6.08. The van der Waals surface area contributed by atoms with Gasteiger partial charge in [-0.05, 0) is 42.8 Å². The number of carboxylic acids is 1. The van der Waals surface area contributed by atoms with Crippen molar-refractivity contribution in [2.75, 3.05) is 6.61 Å². The lowest BCUT2D eigenvalue weighted by molar-refractivity contribution is -0.177. The smallest absolute Gasteiger partial charge is 0.352 e.